The van der Waals surface area contributed by atoms with Crippen LogP contribution in [0.25, 0.3) is 0 Å². The summed E-state index contributed by atoms with van der Waals surface area (Å²) in [5, 5.41) is 2.89. The van der Waals surface area contributed by atoms with Crippen LogP contribution in [-0.2, 0) is 0 Å². The molecule has 2 rings (SSSR count). The van der Waals surface area contributed by atoms with Crippen molar-refractivity contribution < 1.29 is 4.79 Å². The van der Waals surface area contributed by atoms with Crippen LogP contribution < -0.4 is 5.32 Å². The van der Waals surface area contributed by atoms with Gasteiger partial charge in [-0.3, -0.25) is 4.79 Å². The molecular weight excluding hydrogens is 290 g/mol. The molecule has 0 aliphatic heterocycles. The molecule has 2 nitrogen and oxygen atoms in total. The molecule has 0 aliphatic rings. The van der Waals surface area contributed by atoms with Gasteiger partial charge in [0.25, 0.3) is 5.91 Å². The highest BCUT2D eigenvalue weighted by atomic mass is 79.9. The summed E-state index contributed by atoms with van der Waals surface area (Å²) in [5.41, 5.74) is 3.71. The molecule has 0 spiro atoms. The predicted molar refractivity (Wildman–Crippen MR) is 78.0 cm³/mol. The van der Waals surface area contributed by atoms with E-state index in [1.807, 2.05) is 56.3 Å². The first-order valence-corrected chi connectivity index (χ1v) is 6.50. The van der Waals surface area contributed by atoms with Crippen LogP contribution in [0.3, 0.4) is 0 Å². The van der Waals surface area contributed by atoms with Crippen LogP contribution in [0.4, 0.5) is 5.69 Å². The zero-order chi connectivity index (χ0) is 13.1. The number of benzene rings is 2. The Balaban J connectivity index is 2.16. The smallest absolute Gasteiger partial charge is 0.255 e. The highest BCUT2D eigenvalue weighted by molar-refractivity contribution is 9.10. The average molecular weight is 304 g/mol. The van der Waals surface area contributed by atoms with E-state index < -0.39 is 0 Å². The van der Waals surface area contributed by atoms with E-state index in [9.17, 15) is 4.79 Å². The van der Waals surface area contributed by atoms with Crippen molar-refractivity contribution in [2.45, 2.75) is 13.8 Å². The Bertz CT molecular complexity index is 576. The lowest BCUT2D eigenvalue weighted by molar-refractivity contribution is 0.102. The van der Waals surface area contributed by atoms with Gasteiger partial charge >= 0.3 is 0 Å². The molecule has 0 radical (unpaired) electrons. The number of rotatable bonds is 2. The van der Waals surface area contributed by atoms with Crippen molar-refractivity contribution in [3.05, 3.63) is 63.6 Å². The summed E-state index contributed by atoms with van der Waals surface area (Å²) in [4.78, 5) is 12.0. The maximum absolute atomic E-state index is 12.0. The monoisotopic (exact) mass is 303 g/mol. The highest BCUT2D eigenvalue weighted by Crippen LogP contribution is 2.20. The van der Waals surface area contributed by atoms with Crippen LogP contribution in [0.1, 0.15) is 21.5 Å². The zero-order valence-corrected chi connectivity index (χ0v) is 11.9. The van der Waals surface area contributed by atoms with Crippen LogP contribution in [0, 0.1) is 13.8 Å². The van der Waals surface area contributed by atoms with Gasteiger partial charge in [-0.2, -0.15) is 0 Å². The number of aryl methyl sites for hydroxylation is 2. The first-order chi connectivity index (χ1) is 8.56. The van der Waals surface area contributed by atoms with Gasteiger partial charge in [-0.05, 0) is 49.7 Å². The second-order valence-corrected chi connectivity index (χ2v) is 5.14. The van der Waals surface area contributed by atoms with E-state index >= 15 is 0 Å². The third-order valence-electron chi connectivity index (χ3n) is 2.73. The van der Waals surface area contributed by atoms with Gasteiger partial charge in [-0.25, -0.2) is 0 Å². The third-order valence-corrected chi connectivity index (χ3v) is 3.62. The van der Waals surface area contributed by atoms with E-state index in [0.29, 0.717) is 5.56 Å². The van der Waals surface area contributed by atoms with Crippen LogP contribution in [0.15, 0.2) is 46.9 Å². The fourth-order valence-electron chi connectivity index (χ4n) is 1.63. The molecular formula is C15H14BrNO. The van der Waals surface area contributed by atoms with Crippen LogP contribution in [0.5, 0.6) is 0 Å². The number of carbonyl (C=O) groups is 1. The maximum atomic E-state index is 12.0. The van der Waals surface area contributed by atoms with Gasteiger partial charge in [0.2, 0.25) is 0 Å². The second-order valence-electron chi connectivity index (χ2n) is 4.28. The van der Waals surface area contributed by atoms with Crippen molar-refractivity contribution in [1.29, 1.82) is 0 Å². The fraction of sp³-hybridized carbons (Fsp3) is 0.133. The molecule has 0 heterocycles. The van der Waals surface area contributed by atoms with E-state index in [2.05, 4.69) is 21.2 Å². The SMILES string of the molecule is Cc1ccc(C(=O)Nc2ccc(Br)c(C)c2)cc1. The minimum Gasteiger partial charge on any atom is -0.322 e. The van der Waals surface area contributed by atoms with Crippen LogP contribution >= 0.6 is 15.9 Å². The van der Waals surface area contributed by atoms with E-state index in [1.165, 1.54) is 0 Å². The number of anilines is 1. The topological polar surface area (TPSA) is 29.1 Å². The Morgan fingerprint density at radius 1 is 1.06 bits per heavy atom. The minimum atomic E-state index is -0.0864. The summed E-state index contributed by atoms with van der Waals surface area (Å²) < 4.78 is 1.04. The predicted octanol–water partition coefficient (Wildman–Crippen LogP) is 4.32. The Morgan fingerprint density at radius 3 is 2.33 bits per heavy atom. The number of halogens is 1. The number of carbonyl (C=O) groups excluding carboxylic acids is 1. The normalized spacial score (nSPS) is 10.2. The van der Waals surface area contributed by atoms with Gasteiger partial charge < -0.3 is 5.32 Å². The molecule has 1 N–H and O–H groups in total. The molecule has 2 aromatic carbocycles. The third kappa shape index (κ3) is 2.99. The number of nitrogens with one attached hydrogen (secondary N) is 1. The molecule has 1 amide bonds. The second kappa shape index (κ2) is 5.36. The van der Waals surface area contributed by atoms with E-state index in [-0.39, 0.29) is 5.91 Å². The van der Waals surface area contributed by atoms with Gasteiger partial charge in [0.1, 0.15) is 0 Å². The lowest BCUT2D eigenvalue weighted by Crippen LogP contribution is -2.11. The Hall–Kier alpha value is -1.61. The summed E-state index contributed by atoms with van der Waals surface area (Å²) >= 11 is 3.44. The standard InChI is InChI=1S/C15H14BrNO/c1-10-3-5-12(6-4-10)15(18)17-13-7-8-14(16)11(2)9-13/h3-9H,1-2H3,(H,17,18). The van der Waals surface area contributed by atoms with E-state index in [4.69, 9.17) is 0 Å². The minimum absolute atomic E-state index is 0.0864. The summed E-state index contributed by atoms with van der Waals surface area (Å²) in [7, 11) is 0. The molecule has 0 atom stereocenters. The summed E-state index contributed by atoms with van der Waals surface area (Å²) in [5.74, 6) is -0.0864. The number of amides is 1. The van der Waals surface area contributed by atoms with Crippen molar-refractivity contribution in [3.63, 3.8) is 0 Å². The Morgan fingerprint density at radius 2 is 1.72 bits per heavy atom. The largest absolute Gasteiger partial charge is 0.322 e. The number of hydrogen-bond acceptors (Lipinski definition) is 1. The van der Waals surface area contributed by atoms with Gasteiger partial charge in [0, 0.05) is 15.7 Å². The van der Waals surface area contributed by atoms with Gasteiger partial charge in [-0.1, -0.05) is 33.6 Å². The highest BCUT2D eigenvalue weighted by Gasteiger charge is 2.06. The molecule has 0 bridgehead atoms. The Kier molecular flexibility index (Phi) is 3.82. The molecule has 0 saturated heterocycles. The first kappa shape index (κ1) is 12.8. The van der Waals surface area contributed by atoms with Gasteiger partial charge in [0.05, 0.1) is 0 Å². The van der Waals surface area contributed by atoms with Gasteiger partial charge in [0.15, 0.2) is 0 Å². The molecule has 3 heteroatoms. The summed E-state index contributed by atoms with van der Waals surface area (Å²) in [6.07, 6.45) is 0. The molecule has 0 aromatic heterocycles. The van der Waals surface area contributed by atoms with Crippen LogP contribution in [-0.4, -0.2) is 5.91 Å². The molecule has 2 aromatic rings. The quantitative estimate of drug-likeness (QED) is 0.879. The summed E-state index contributed by atoms with van der Waals surface area (Å²) in [6, 6.07) is 13.3. The molecule has 18 heavy (non-hydrogen) atoms. The first-order valence-electron chi connectivity index (χ1n) is 5.70. The van der Waals surface area contributed by atoms with Crippen molar-refractivity contribution >= 4 is 27.5 Å². The van der Waals surface area contributed by atoms with Crippen molar-refractivity contribution in [1.82, 2.24) is 0 Å². The maximum Gasteiger partial charge on any atom is 0.255 e. The molecule has 0 aliphatic carbocycles. The van der Waals surface area contributed by atoms with Crippen LogP contribution in [0.2, 0.25) is 0 Å². The molecule has 92 valence electrons. The lowest BCUT2D eigenvalue weighted by Gasteiger charge is -2.07. The summed E-state index contributed by atoms with van der Waals surface area (Å²) in [6.45, 7) is 3.99. The number of hydrogen-bond donors (Lipinski definition) is 1. The molecule has 0 unspecified atom stereocenters. The van der Waals surface area contributed by atoms with Gasteiger partial charge in [-0.15, -0.1) is 0 Å². The lowest BCUT2D eigenvalue weighted by atomic mass is 10.1. The zero-order valence-electron chi connectivity index (χ0n) is 10.3. The fourth-order valence-corrected chi connectivity index (χ4v) is 1.88. The van der Waals surface area contributed by atoms with Crippen molar-refractivity contribution in [2.24, 2.45) is 0 Å². The average Bonchev–Trinajstić information content (AvgIpc) is 2.34. The molecule has 0 fully saturated rings. The van der Waals surface area contributed by atoms with Crippen molar-refractivity contribution in [2.75, 3.05) is 5.32 Å². The molecule has 0 saturated carbocycles. The van der Waals surface area contributed by atoms with Crippen molar-refractivity contribution in [3.8, 4) is 0 Å². The Labute approximate surface area is 115 Å². The van der Waals surface area contributed by atoms with E-state index in [0.717, 1.165) is 21.3 Å². The van der Waals surface area contributed by atoms with E-state index in [1.54, 1.807) is 0 Å².